The predicted octanol–water partition coefficient (Wildman–Crippen LogP) is 0.768. The van der Waals surface area contributed by atoms with Gasteiger partial charge in [0, 0.05) is 12.8 Å². The van der Waals surface area contributed by atoms with Crippen molar-refractivity contribution >= 4 is 6.21 Å². The molecule has 0 amide bonds. The van der Waals surface area contributed by atoms with Crippen molar-refractivity contribution in [2.24, 2.45) is 10.9 Å². The molecule has 0 saturated heterocycles. The molecule has 0 radical (unpaired) electrons. The molecule has 1 aliphatic rings. The maximum atomic E-state index is 11.4. The number of H-pyrrole nitrogens is 2. The van der Waals surface area contributed by atoms with E-state index in [1.165, 1.54) is 38.3 Å². The average molecular weight is 251 g/mol. The molecular weight excluding hydrogens is 234 g/mol. The number of nitrogens with zero attached hydrogens (tertiary/aromatic N) is 1. The van der Waals surface area contributed by atoms with Gasteiger partial charge in [0.15, 0.2) is 0 Å². The SMILES string of the molecule is O=c1[nH]c(O)c(C=NCC2CCCCC2)c(=O)[nH]1. The molecule has 3 N–H and O–H groups in total. The lowest BCUT2D eigenvalue weighted by molar-refractivity contribution is 0.367. The van der Waals surface area contributed by atoms with Gasteiger partial charge >= 0.3 is 5.69 Å². The molecule has 0 aliphatic heterocycles. The monoisotopic (exact) mass is 251 g/mol. The van der Waals surface area contributed by atoms with E-state index in [-0.39, 0.29) is 5.56 Å². The largest absolute Gasteiger partial charge is 0.494 e. The van der Waals surface area contributed by atoms with Gasteiger partial charge in [-0.2, -0.15) is 0 Å². The Morgan fingerprint density at radius 2 is 1.94 bits per heavy atom. The number of rotatable bonds is 3. The molecule has 18 heavy (non-hydrogen) atoms. The Morgan fingerprint density at radius 3 is 2.61 bits per heavy atom. The summed E-state index contributed by atoms with van der Waals surface area (Å²) in [6.07, 6.45) is 7.45. The number of hydrogen-bond donors (Lipinski definition) is 3. The van der Waals surface area contributed by atoms with Gasteiger partial charge in [-0.05, 0) is 18.8 Å². The highest BCUT2D eigenvalue weighted by Gasteiger charge is 2.12. The zero-order valence-electron chi connectivity index (χ0n) is 10.1. The van der Waals surface area contributed by atoms with Crippen molar-refractivity contribution in [3.8, 4) is 5.88 Å². The highest BCUT2D eigenvalue weighted by molar-refractivity contribution is 5.81. The summed E-state index contributed by atoms with van der Waals surface area (Å²) < 4.78 is 0. The van der Waals surface area contributed by atoms with Crippen molar-refractivity contribution in [2.75, 3.05) is 6.54 Å². The van der Waals surface area contributed by atoms with Gasteiger partial charge in [-0.3, -0.25) is 19.8 Å². The second kappa shape index (κ2) is 5.66. The topological polar surface area (TPSA) is 98.3 Å². The summed E-state index contributed by atoms with van der Waals surface area (Å²) in [5.74, 6) is 0.134. The molecule has 1 fully saturated rings. The van der Waals surface area contributed by atoms with Gasteiger partial charge < -0.3 is 5.11 Å². The molecule has 6 heteroatoms. The Hall–Kier alpha value is -1.85. The number of nitrogens with one attached hydrogen (secondary N) is 2. The van der Waals surface area contributed by atoms with Gasteiger partial charge in [0.25, 0.3) is 5.56 Å². The minimum absolute atomic E-state index is 0.00501. The van der Waals surface area contributed by atoms with E-state index >= 15 is 0 Å². The summed E-state index contributed by atoms with van der Waals surface area (Å²) in [7, 11) is 0. The quantitative estimate of drug-likeness (QED) is 0.692. The Morgan fingerprint density at radius 1 is 1.22 bits per heavy atom. The van der Waals surface area contributed by atoms with E-state index < -0.39 is 17.1 Å². The molecule has 1 aliphatic carbocycles. The lowest BCUT2D eigenvalue weighted by atomic mass is 9.89. The Labute approximate surface area is 104 Å². The summed E-state index contributed by atoms with van der Waals surface area (Å²) in [5.41, 5.74) is -1.34. The van der Waals surface area contributed by atoms with Crippen molar-refractivity contribution < 1.29 is 5.11 Å². The van der Waals surface area contributed by atoms with Crippen molar-refractivity contribution in [2.45, 2.75) is 32.1 Å². The fourth-order valence-electron chi connectivity index (χ4n) is 2.27. The number of hydrogen-bond acceptors (Lipinski definition) is 4. The normalized spacial score (nSPS) is 17.3. The lowest BCUT2D eigenvalue weighted by Gasteiger charge is -2.19. The van der Waals surface area contributed by atoms with Crippen molar-refractivity contribution in [1.82, 2.24) is 9.97 Å². The third kappa shape index (κ3) is 3.09. The van der Waals surface area contributed by atoms with Gasteiger partial charge in [0.05, 0.1) is 0 Å². The highest BCUT2D eigenvalue weighted by Crippen LogP contribution is 2.23. The molecule has 6 nitrogen and oxygen atoms in total. The van der Waals surface area contributed by atoms with E-state index in [9.17, 15) is 14.7 Å². The van der Waals surface area contributed by atoms with Crippen LogP contribution in [-0.2, 0) is 0 Å². The first-order valence-electron chi connectivity index (χ1n) is 6.22. The van der Waals surface area contributed by atoms with E-state index in [0.717, 1.165) is 0 Å². The molecular formula is C12H17N3O3. The zero-order chi connectivity index (χ0) is 13.0. The van der Waals surface area contributed by atoms with Crippen molar-refractivity contribution in [3.63, 3.8) is 0 Å². The van der Waals surface area contributed by atoms with Crippen LogP contribution in [0.4, 0.5) is 0 Å². The van der Waals surface area contributed by atoms with E-state index in [0.29, 0.717) is 12.5 Å². The maximum Gasteiger partial charge on any atom is 0.328 e. The van der Waals surface area contributed by atoms with Crippen LogP contribution < -0.4 is 11.2 Å². The van der Waals surface area contributed by atoms with Gasteiger partial charge in [0.1, 0.15) is 5.56 Å². The molecule has 1 heterocycles. The number of aliphatic imine (C=N–C) groups is 1. The molecule has 1 saturated carbocycles. The van der Waals surface area contributed by atoms with Crippen molar-refractivity contribution in [1.29, 1.82) is 0 Å². The van der Waals surface area contributed by atoms with Crippen LogP contribution in [0.5, 0.6) is 5.88 Å². The zero-order valence-corrected chi connectivity index (χ0v) is 10.1. The standard InChI is InChI=1S/C12H17N3O3/c16-10-9(11(17)15-12(18)14-10)7-13-6-8-4-2-1-3-5-8/h7-8H,1-6H2,(H3,14,15,16,17,18). The molecule has 0 spiro atoms. The van der Waals surface area contributed by atoms with Crippen LogP contribution in [0.3, 0.4) is 0 Å². The molecule has 0 aromatic carbocycles. The van der Waals surface area contributed by atoms with E-state index in [4.69, 9.17) is 0 Å². The van der Waals surface area contributed by atoms with Crippen LogP contribution in [-0.4, -0.2) is 27.8 Å². The van der Waals surface area contributed by atoms with Gasteiger partial charge in [-0.1, -0.05) is 19.3 Å². The fraction of sp³-hybridized carbons (Fsp3) is 0.583. The van der Waals surface area contributed by atoms with Crippen LogP contribution in [0.1, 0.15) is 37.7 Å². The number of aromatic nitrogens is 2. The minimum atomic E-state index is -0.720. The number of aromatic hydroxyl groups is 1. The van der Waals surface area contributed by atoms with Crippen LogP contribution >= 0.6 is 0 Å². The molecule has 0 atom stereocenters. The minimum Gasteiger partial charge on any atom is -0.494 e. The van der Waals surface area contributed by atoms with E-state index in [1.54, 1.807) is 0 Å². The Kier molecular flexibility index (Phi) is 3.96. The third-order valence-electron chi connectivity index (χ3n) is 3.27. The molecule has 2 rings (SSSR count). The number of aromatic amines is 2. The predicted molar refractivity (Wildman–Crippen MR) is 68.4 cm³/mol. The molecule has 1 aromatic heterocycles. The second-order valence-electron chi connectivity index (χ2n) is 4.67. The molecule has 0 bridgehead atoms. The van der Waals surface area contributed by atoms with Crippen LogP contribution in [0, 0.1) is 5.92 Å². The highest BCUT2D eigenvalue weighted by atomic mass is 16.3. The van der Waals surface area contributed by atoms with Gasteiger partial charge in [-0.15, -0.1) is 0 Å². The average Bonchev–Trinajstić information content (AvgIpc) is 2.34. The molecule has 1 aromatic rings. The summed E-state index contributed by atoms with van der Waals surface area (Å²) in [4.78, 5) is 30.6. The van der Waals surface area contributed by atoms with Gasteiger partial charge in [0.2, 0.25) is 5.88 Å². The Bertz CT molecular complexity index is 538. The lowest BCUT2D eigenvalue weighted by Crippen LogP contribution is -2.25. The second-order valence-corrected chi connectivity index (χ2v) is 4.67. The summed E-state index contributed by atoms with van der Waals surface area (Å²) in [6.45, 7) is 0.665. The molecule has 0 unspecified atom stereocenters. The Balaban J connectivity index is 2.04. The van der Waals surface area contributed by atoms with Crippen LogP contribution in [0.25, 0.3) is 0 Å². The first-order valence-corrected chi connectivity index (χ1v) is 6.22. The van der Waals surface area contributed by atoms with Crippen molar-refractivity contribution in [3.05, 3.63) is 26.4 Å². The summed E-state index contributed by atoms with van der Waals surface area (Å²) in [5, 5.41) is 9.44. The van der Waals surface area contributed by atoms with E-state index in [1.807, 2.05) is 0 Å². The summed E-state index contributed by atoms with van der Waals surface area (Å²) in [6, 6.07) is 0. The summed E-state index contributed by atoms with van der Waals surface area (Å²) >= 11 is 0. The van der Waals surface area contributed by atoms with E-state index in [2.05, 4.69) is 15.0 Å². The van der Waals surface area contributed by atoms with Crippen LogP contribution in [0.15, 0.2) is 14.6 Å². The fourth-order valence-corrected chi connectivity index (χ4v) is 2.27. The third-order valence-corrected chi connectivity index (χ3v) is 3.27. The first kappa shape index (κ1) is 12.6. The van der Waals surface area contributed by atoms with Gasteiger partial charge in [-0.25, -0.2) is 4.79 Å². The first-order chi connectivity index (χ1) is 8.66. The molecule has 98 valence electrons. The van der Waals surface area contributed by atoms with Crippen LogP contribution in [0.2, 0.25) is 0 Å². The maximum absolute atomic E-state index is 11.4. The smallest absolute Gasteiger partial charge is 0.328 e.